The molecule has 0 unspecified atom stereocenters. The predicted octanol–water partition coefficient (Wildman–Crippen LogP) is 4.57. The molecule has 0 atom stereocenters. The van der Waals surface area contributed by atoms with Crippen LogP contribution >= 0.6 is 11.6 Å². The molecule has 3 nitrogen and oxygen atoms in total. The van der Waals surface area contributed by atoms with Crippen LogP contribution in [0.15, 0.2) is 42.5 Å². The molecule has 0 aliphatic carbocycles. The molecule has 0 fully saturated rings. The Kier molecular flexibility index (Phi) is 6.13. The Hall–Kier alpha value is -1.91. The van der Waals surface area contributed by atoms with Crippen molar-refractivity contribution in [3.63, 3.8) is 0 Å². The summed E-state index contributed by atoms with van der Waals surface area (Å²) < 4.78 is 13.1. The van der Waals surface area contributed by atoms with Crippen LogP contribution in [0.3, 0.4) is 0 Å². The zero-order valence-electron chi connectivity index (χ0n) is 13.3. The molecule has 1 N–H and O–H groups in total. The van der Waals surface area contributed by atoms with Gasteiger partial charge in [-0.05, 0) is 49.0 Å². The van der Waals surface area contributed by atoms with Crippen molar-refractivity contribution >= 4 is 23.2 Å². The Morgan fingerprint density at radius 2 is 1.78 bits per heavy atom. The second kappa shape index (κ2) is 8.09. The summed E-state index contributed by atoms with van der Waals surface area (Å²) in [5.41, 5.74) is 2.18. The number of nitrogens with one attached hydrogen (secondary N) is 1. The minimum Gasteiger partial charge on any atom is -0.322 e. The number of carbonyl (C=O) groups is 1. The van der Waals surface area contributed by atoms with Crippen molar-refractivity contribution in [2.75, 3.05) is 18.4 Å². The normalized spacial score (nSPS) is 10.8. The van der Waals surface area contributed by atoms with E-state index in [1.54, 1.807) is 12.1 Å². The smallest absolute Gasteiger partial charge is 0.255 e. The van der Waals surface area contributed by atoms with Gasteiger partial charge in [0.2, 0.25) is 0 Å². The van der Waals surface area contributed by atoms with E-state index < -0.39 is 5.82 Å². The molecule has 0 aliphatic heterocycles. The van der Waals surface area contributed by atoms with E-state index in [-0.39, 0.29) is 10.9 Å². The lowest BCUT2D eigenvalue weighted by Crippen LogP contribution is -2.22. The van der Waals surface area contributed by atoms with Gasteiger partial charge in [-0.2, -0.15) is 0 Å². The summed E-state index contributed by atoms with van der Waals surface area (Å²) in [5.74, 6) is -0.757. The monoisotopic (exact) mass is 334 g/mol. The average molecular weight is 335 g/mol. The molecule has 0 radical (unpaired) electrons. The molecule has 122 valence electrons. The van der Waals surface area contributed by atoms with E-state index >= 15 is 0 Å². The Morgan fingerprint density at radius 1 is 1.13 bits per heavy atom. The summed E-state index contributed by atoms with van der Waals surface area (Å²) in [7, 11) is 0. The first kappa shape index (κ1) is 17.4. The number of halogens is 2. The van der Waals surface area contributed by atoms with E-state index in [4.69, 9.17) is 11.6 Å². The topological polar surface area (TPSA) is 32.3 Å². The van der Waals surface area contributed by atoms with E-state index in [9.17, 15) is 9.18 Å². The molecule has 0 saturated heterocycles. The van der Waals surface area contributed by atoms with E-state index in [1.807, 2.05) is 12.1 Å². The van der Waals surface area contributed by atoms with Crippen molar-refractivity contribution in [3.05, 3.63) is 64.4 Å². The van der Waals surface area contributed by atoms with Gasteiger partial charge in [-0.3, -0.25) is 9.69 Å². The summed E-state index contributed by atoms with van der Waals surface area (Å²) in [6.45, 7) is 7.09. The fourth-order valence-corrected chi connectivity index (χ4v) is 2.42. The predicted molar refractivity (Wildman–Crippen MR) is 92.4 cm³/mol. The van der Waals surface area contributed by atoms with Crippen molar-refractivity contribution in [1.82, 2.24) is 4.90 Å². The summed E-state index contributed by atoms with van der Waals surface area (Å²) in [5, 5.41) is 2.69. The molecular weight excluding hydrogens is 315 g/mol. The van der Waals surface area contributed by atoms with Gasteiger partial charge in [0.15, 0.2) is 0 Å². The summed E-state index contributed by atoms with van der Waals surface area (Å²) >= 11 is 5.71. The summed E-state index contributed by atoms with van der Waals surface area (Å²) in [6.07, 6.45) is 0. The lowest BCUT2D eigenvalue weighted by Gasteiger charge is -2.18. The highest BCUT2D eigenvalue weighted by atomic mass is 35.5. The zero-order chi connectivity index (χ0) is 16.8. The Bertz CT molecular complexity index is 669. The maximum Gasteiger partial charge on any atom is 0.255 e. The zero-order valence-corrected chi connectivity index (χ0v) is 14.0. The van der Waals surface area contributed by atoms with Crippen LogP contribution in [0.4, 0.5) is 10.1 Å². The van der Waals surface area contributed by atoms with Gasteiger partial charge in [-0.1, -0.05) is 37.6 Å². The molecule has 2 aromatic carbocycles. The van der Waals surface area contributed by atoms with Crippen molar-refractivity contribution in [2.24, 2.45) is 0 Å². The molecule has 0 heterocycles. The molecule has 0 aliphatic rings. The highest BCUT2D eigenvalue weighted by Gasteiger charge is 2.08. The number of amides is 1. The van der Waals surface area contributed by atoms with Crippen molar-refractivity contribution in [3.8, 4) is 0 Å². The summed E-state index contributed by atoms with van der Waals surface area (Å²) in [6, 6.07) is 11.6. The minimum absolute atomic E-state index is 0.0163. The van der Waals surface area contributed by atoms with Gasteiger partial charge >= 0.3 is 0 Å². The summed E-state index contributed by atoms with van der Waals surface area (Å²) in [4.78, 5) is 14.5. The number of nitrogens with zero attached hydrogens (tertiary/aromatic N) is 1. The van der Waals surface area contributed by atoms with Crippen LogP contribution in [-0.2, 0) is 6.54 Å². The van der Waals surface area contributed by atoms with Gasteiger partial charge in [-0.15, -0.1) is 0 Å². The Morgan fingerprint density at radius 3 is 2.35 bits per heavy atom. The molecule has 2 rings (SSSR count). The lowest BCUT2D eigenvalue weighted by atomic mass is 10.1. The highest BCUT2D eigenvalue weighted by Crippen LogP contribution is 2.20. The lowest BCUT2D eigenvalue weighted by molar-refractivity contribution is 0.102. The van der Waals surface area contributed by atoms with Crippen LogP contribution in [0.2, 0.25) is 5.02 Å². The quantitative estimate of drug-likeness (QED) is 0.839. The number of anilines is 1. The van der Waals surface area contributed by atoms with Crippen LogP contribution in [-0.4, -0.2) is 23.9 Å². The van der Waals surface area contributed by atoms with E-state index in [2.05, 4.69) is 24.1 Å². The van der Waals surface area contributed by atoms with Crippen LogP contribution in [0.25, 0.3) is 0 Å². The van der Waals surface area contributed by atoms with Crippen molar-refractivity contribution in [1.29, 1.82) is 0 Å². The molecule has 5 heteroatoms. The second-order valence-electron chi connectivity index (χ2n) is 5.24. The highest BCUT2D eigenvalue weighted by molar-refractivity contribution is 6.31. The van der Waals surface area contributed by atoms with Gasteiger partial charge in [0.1, 0.15) is 5.82 Å². The molecule has 0 saturated carbocycles. The van der Waals surface area contributed by atoms with E-state index in [1.165, 1.54) is 18.2 Å². The van der Waals surface area contributed by atoms with Crippen molar-refractivity contribution < 1.29 is 9.18 Å². The Balaban J connectivity index is 2.03. The third-order valence-corrected chi connectivity index (χ3v) is 3.98. The molecular formula is C18H20ClFN2O. The molecule has 2 aromatic rings. The van der Waals surface area contributed by atoms with Crippen LogP contribution < -0.4 is 5.32 Å². The molecule has 0 spiro atoms. The van der Waals surface area contributed by atoms with Gasteiger partial charge < -0.3 is 5.32 Å². The molecule has 23 heavy (non-hydrogen) atoms. The first-order valence-electron chi connectivity index (χ1n) is 7.61. The molecule has 0 bridgehead atoms. The first-order valence-corrected chi connectivity index (χ1v) is 7.99. The molecule has 0 aromatic heterocycles. The Labute approximate surface area is 141 Å². The number of hydrogen-bond donors (Lipinski definition) is 1. The number of benzene rings is 2. The van der Waals surface area contributed by atoms with Gasteiger partial charge in [0.05, 0.1) is 5.02 Å². The van der Waals surface area contributed by atoms with Gasteiger partial charge in [-0.25, -0.2) is 4.39 Å². The fraction of sp³-hybridized carbons (Fsp3) is 0.278. The maximum absolute atomic E-state index is 13.1. The fourth-order valence-electron chi connectivity index (χ4n) is 2.24. The van der Waals surface area contributed by atoms with E-state index in [0.29, 0.717) is 11.3 Å². The standard InChI is InChI=1S/C18H20ClFN2O/c1-3-22(4-2)12-13-5-7-14(8-6-13)18(23)21-15-9-10-17(20)16(19)11-15/h5-11H,3-4,12H2,1-2H3,(H,21,23). The third kappa shape index (κ3) is 4.78. The number of rotatable bonds is 6. The SMILES string of the molecule is CCN(CC)Cc1ccc(C(=O)Nc2ccc(F)c(Cl)c2)cc1. The van der Waals surface area contributed by atoms with E-state index in [0.717, 1.165) is 25.2 Å². The third-order valence-electron chi connectivity index (χ3n) is 3.69. The second-order valence-corrected chi connectivity index (χ2v) is 5.65. The first-order chi connectivity index (χ1) is 11.0. The average Bonchev–Trinajstić information content (AvgIpc) is 2.56. The van der Waals surface area contributed by atoms with Gasteiger partial charge in [0.25, 0.3) is 5.91 Å². The van der Waals surface area contributed by atoms with Crippen LogP contribution in [0.1, 0.15) is 29.8 Å². The maximum atomic E-state index is 13.1. The largest absolute Gasteiger partial charge is 0.322 e. The van der Waals surface area contributed by atoms with Gasteiger partial charge in [0, 0.05) is 17.8 Å². The minimum atomic E-state index is -0.509. The molecule has 1 amide bonds. The van der Waals surface area contributed by atoms with Crippen LogP contribution in [0.5, 0.6) is 0 Å². The number of carbonyl (C=O) groups excluding carboxylic acids is 1. The van der Waals surface area contributed by atoms with Crippen molar-refractivity contribution in [2.45, 2.75) is 20.4 Å². The number of hydrogen-bond acceptors (Lipinski definition) is 2. The van der Waals surface area contributed by atoms with Crippen LogP contribution in [0, 0.1) is 5.82 Å².